The molecule has 0 atom stereocenters. The number of benzene rings is 1. The third-order valence-electron chi connectivity index (χ3n) is 1.84. The summed E-state index contributed by atoms with van der Waals surface area (Å²) >= 11 is 5.97. The van der Waals surface area contributed by atoms with E-state index in [-0.39, 0.29) is 6.03 Å². The number of halogens is 1. The summed E-state index contributed by atoms with van der Waals surface area (Å²) in [7, 11) is 0. The number of amides is 2. The Hall–Kier alpha value is -1.68. The van der Waals surface area contributed by atoms with E-state index in [1.807, 2.05) is 19.1 Å². The molecule has 1 aromatic carbocycles. The minimum absolute atomic E-state index is 0.337. The molecule has 0 heterocycles. The Labute approximate surface area is 99.7 Å². The van der Waals surface area contributed by atoms with Crippen molar-refractivity contribution in [3.05, 3.63) is 41.4 Å². The Balaban J connectivity index is 2.48. The predicted molar refractivity (Wildman–Crippen MR) is 66.5 cm³/mol. The predicted octanol–water partition coefficient (Wildman–Crippen LogP) is 2.46. The Bertz CT molecular complexity index is 393. The highest BCUT2D eigenvalue weighted by atomic mass is 35.5. The maximum absolute atomic E-state index is 11.2. The lowest BCUT2D eigenvalue weighted by Crippen LogP contribution is -2.39. The summed E-state index contributed by atoms with van der Waals surface area (Å²) < 4.78 is 0. The molecule has 0 spiro atoms. The van der Waals surface area contributed by atoms with Gasteiger partial charge in [-0.2, -0.15) is 0 Å². The maximum Gasteiger partial charge on any atom is 0.333 e. The van der Waals surface area contributed by atoms with Crippen molar-refractivity contribution in [3.8, 4) is 0 Å². The third-order valence-corrected chi connectivity index (χ3v) is 2.15. The van der Waals surface area contributed by atoms with Crippen LogP contribution >= 0.6 is 11.6 Å². The Morgan fingerprint density at radius 3 is 2.94 bits per heavy atom. The van der Waals surface area contributed by atoms with Crippen LogP contribution in [-0.4, -0.2) is 12.6 Å². The van der Waals surface area contributed by atoms with Gasteiger partial charge in [-0.25, -0.2) is 4.79 Å². The molecule has 5 heteroatoms. The van der Waals surface area contributed by atoms with Crippen LogP contribution in [0.4, 0.5) is 10.5 Å². The molecule has 0 saturated heterocycles. The molecule has 0 unspecified atom stereocenters. The molecule has 1 rings (SSSR count). The van der Waals surface area contributed by atoms with Crippen LogP contribution < -0.4 is 16.2 Å². The molecule has 0 fully saturated rings. The summed E-state index contributed by atoms with van der Waals surface area (Å²) in [5.74, 6) is 0. The molecule has 3 N–H and O–H groups in total. The van der Waals surface area contributed by atoms with Gasteiger partial charge in [-0.15, -0.1) is 6.58 Å². The van der Waals surface area contributed by atoms with E-state index >= 15 is 0 Å². The van der Waals surface area contributed by atoms with Crippen LogP contribution in [0.3, 0.4) is 0 Å². The molecule has 0 saturated carbocycles. The van der Waals surface area contributed by atoms with Gasteiger partial charge in [-0.05, 0) is 24.6 Å². The van der Waals surface area contributed by atoms with Crippen LogP contribution in [0.15, 0.2) is 30.9 Å². The zero-order valence-corrected chi connectivity index (χ0v) is 9.77. The number of urea groups is 1. The number of anilines is 1. The molecule has 0 aliphatic heterocycles. The first-order valence-electron chi connectivity index (χ1n) is 4.80. The highest BCUT2D eigenvalue weighted by molar-refractivity contribution is 6.33. The van der Waals surface area contributed by atoms with Gasteiger partial charge in [-0.1, -0.05) is 23.7 Å². The average molecular weight is 240 g/mol. The molecule has 0 aromatic heterocycles. The number of aryl methyl sites for hydroxylation is 1. The van der Waals surface area contributed by atoms with Crippen LogP contribution in [0.1, 0.15) is 5.56 Å². The number of rotatable bonds is 4. The lowest BCUT2D eigenvalue weighted by atomic mass is 10.2. The molecule has 1 aromatic rings. The van der Waals surface area contributed by atoms with E-state index in [1.54, 1.807) is 12.1 Å². The lowest BCUT2D eigenvalue weighted by Gasteiger charge is -2.10. The molecule has 4 nitrogen and oxygen atoms in total. The van der Waals surface area contributed by atoms with E-state index in [9.17, 15) is 4.79 Å². The normalized spacial score (nSPS) is 9.38. The fraction of sp³-hybridized carbons (Fsp3) is 0.182. The van der Waals surface area contributed by atoms with Crippen LogP contribution in [-0.2, 0) is 0 Å². The van der Waals surface area contributed by atoms with E-state index in [2.05, 4.69) is 22.7 Å². The first kappa shape index (κ1) is 12.4. The standard InChI is InChI=1S/C11H14ClN3O/c1-3-6-13-11(16)15-14-10-5-4-8(2)7-9(10)12/h3-5,7,14H,1,6H2,2H3,(H2,13,15,16). The lowest BCUT2D eigenvalue weighted by molar-refractivity contribution is 0.244. The van der Waals surface area contributed by atoms with Crippen LogP contribution in [0.2, 0.25) is 5.02 Å². The largest absolute Gasteiger partial charge is 0.333 e. The van der Waals surface area contributed by atoms with Crippen molar-refractivity contribution in [1.29, 1.82) is 0 Å². The summed E-state index contributed by atoms with van der Waals surface area (Å²) in [5.41, 5.74) is 6.90. The number of hydrogen-bond acceptors (Lipinski definition) is 2. The fourth-order valence-electron chi connectivity index (χ4n) is 1.05. The maximum atomic E-state index is 11.2. The minimum atomic E-state index is -0.337. The number of hydrazine groups is 1. The number of carbonyl (C=O) groups is 1. The van der Waals surface area contributed by atoms with Gasteiger partial charge in [0, 0.05) is 6.54 Å². The molecule has 0 aliphatic carbocycles. The molecular formula is C11H14ClN3O. The smallest absolute Gasteiger partial charge is 0.333 e. The molecular weight excluding hydrogens is 226 g/mol. The Morgan fingerprint density at radius 1 is 1.56 bits per heavy atom. The Kier molecular flexibility index (Phi) is 4.66. The zero-order chi connectivity index (χ0) is 12.0. The minimum Gasteiger partial charge on any atom is -0.333 e. The van der Waals surface area contributed by atoms with E-state index in [0.717, 1.165) is 5.56 Å². The number of hydrogen-bond donors (Lipinski definition) is 3. The zero-order valence-electron chi connectivity index (χ0n) is 9.01. The molecule has 0 bridgehead atoms. The highest BCUT2D eigenvalue weighted by Crippen LogP contribution is 2.21. The molecule has 16 heavy (non-hydrogen) atoms. The topological polar surface area (TPSA) is 53.2 Å². The van der Waals surface area contributed by atoms with Crippen molar-refractivity contribution >= 4 is 23.3 Å². The van der Waals surface area contributed by atoms with Gasteiger partial charge in [0.15, 0.2) is 0 Å². The second-order valence-electron chi connectivity index (χ2n) is 3.23. The van der Waals surface area contributed by atoms with Crippen molar-refractivity contribution in [3.63, 3.8) is 0 Å². The van der Waals surface area contributed by atoms with Gasteiger partial charge in [0.25, 0.3) is 0 Å². The fourth-order valence-corrected chi connectivity index (χ4v) is 1.34. The van der Waals surface area contributed by atoms with Gasteiger partial charge in [-0.3, -0.25) is 10.9 Å². The first-order valence-corrected chi connectivity index (χ1v) is 5.18. The van der Waals surface area contributed by atoms with Crippen LogP contribution in [0, 0.1) is 6.92 Å². The summed E-state index contributed by atoms with van der Waals surface area (Å²) in [6.07, 6.45) is 1.60. The van der Waals surface area contributed by atoms with E-state index in [0.29, 0.717) is 17.3 Å². The number of carbonyl (C=O) groups excluding carboxylic acids is 1. The summed E-state index contributed by atoms with van der Waals surface area (Å²) in [6, 6.07) is 5.17. The van der Waals surface area contributed by atoms with Gasteiger partial charge in [0.2, 0.25) is 0 Å². The van der Waals surface area contributed by atoms with Gasteiger partial charge in [0.1, 0.15) is 0 Å². The summed E-state index contributed by atoms with van der Waals surface area (Å²) in [4.78, 5) is 11.2. The van der Waals surface area contributed by atoms with Crippen LogP contribution in [0.5, 0.6) is 0 Å². The molecule has 0 aliphatic rings. The molecule has 2 amide bonds. The van der Waals surface area contributed by atoms with Crippen molar-refractivity contribution < 1.29 is 4.79 Å². The first-order chi connectivity index (χ1) is 7.63. The Morgan fingerprint density at radius 2 is 2.31 bits per heavy atom. The second-order valence-corrected chi connectivity index (χ2v) is 3.64. The van der Waals surface area contributed by atoms with Crippen molar-refractivity contribution in [2.75, 3.05) is 12.0 Å². The van der Waals surface area contributed by atoms with Crippen LogP contribution in [0.25, 0.3) is 0 Å². The highest BCUT2D eigenvalue weighted by Gasteiger charge is 2.01. The molecule has 86 valence electrons. The molecule has 0 radical (unpaired) electrons. The summed E-state index contributed by atoms with van der Waals surface area (Å²) in [6.45, 7) is 5.85. The van der Waals surface area contributed by atoms with Gasteiger partial charge in [0.05, 0.1) is 10.7 Å². The summed E-state index contributed by atoms with van der Waals surface area (Å²) in [5, 5.41) is 3.12. The number of nitrogens with one attached hydrogen (secondary N) is 3. The monoisotopic (exact) mass is 239 g/mol. The van der Waals surface area contributed by atoms with Gasteiger partial charge < -0.3 is 5.32 Å². The van der Waals surface area contributed by atoms with Gasteiger partial charge >= 0.3 is 6.03 Å². The second kappa shape index (κ2) is 6.02. The quantitative estimate of drug-likeness (QED) is 0.559. The third kappa shape index (κ3) is 3.82. The van der Waals surface area contributed by atoms with E-state index in [1.165, 1.54) is 0 Å². The van der Waals surface area contributed by atoms with E-state index in [4.69, 9.17) is 11.6 Å². The van der Waals surface area contributed by atoms with Crippen molar-refractivity contribution in [2.24, 2.45) is 0 Å². The SMILES string of the molecule is C=CCNC(=O)NNc1ccc(C)cc1Cl. The van der Waals surface area contributed by atoms with E-state index < -0.39 is 0 Å². The average Bonchev–Trinajstić information content (AvgIpc) is 2.25. The van der Waals surface area contributed by atoms with Crippen molar-refractivity contribution in [2.45, 2.75) is 6.92 Å². The van der Waals surface area contributed by atoms with Crippen molar-refractivity contribution in [1.82, 2.24) is 10.7 Å².